The summed E-state index contributed by atoms with van der Waals surface area (Å²) in [6.45, 7) is 0. The lowest BCUT2D eigenvalue weighted by Crippen LogP contribution is -2.14. The van der Waals surface area contributed by atoms with Gasteiger partial charge in [-0.2, -0.15) is 5.21 Å². The zero-order valence-corrected chi connectivity index (χ0v) is 9.29. The van der Waals surface area contributed by atoms with Crippen molar-refractivity contribution in [3.05, 3.63) is 48.3 Å². The average molecular weight is 239 g/mol. The Bertz CT molecular complexity index is 687. The Morgan fingerprint density at radius 3 is 2.78 bits per heavy atom. The van der Waals surface area contributed by atoms with Gasteiger partial charge in [-0.1, -0.05) is 36.4 Å². The number of carbonyl (C=O) groups excluding carboxylic acids is 1. The molecule has 0 atom stereocenters. The van der Waals surface area contributed by atoms with Gasteiger partial charge < -0.3 is 5.32 Å². The number of nitrogens with one attached hydrogen (secondary N) is 2. The van der Waals surface area contributed by atoms with Crippen molar-refractivity contribution in [3.8, 4) is 0 Å². The highest BCUT2D eigenvalue weighted by Crippen LogP contribution is 2.23. The van der Waals surface area contributed by atoms with E-state index in [1.54, 1.807) is 0 Å². The van der Waals surface area contributed by atoms with E-state index in [0.29, 0.717) is 0 Å². The topological polar surface area (TPSA) is 83.6 Å². The number of aromatic nitrogens is 4. The molecule has 0 bridgehead atoms. The van der Waals surface area contributed by atoms with Gasteiger partial charge in [0.05, 0.1) is 0 Å². The predicted molar refractivity (Wildman–Crippen MR) is 66.1 cm³/mol. The number of rotatable bonds is 2. The highest BCUT2D eigenvalue weighted by molar-refractivity contribution is 6.07. The van der Waals surface area contributed by atoms with Crippen LogP contribution >= 0.6 is 0 Å². The van der Waals surface area contributed by atoms with Crippen LogP contribution in [-0.2, 0) is 0 Å². The van der Waals surface area contributed by atoms with Gasteiger partial charge in [0, 0.05) is 11.1 Å². The molecule has 1 aromatic heterocycles. The number of hydrogen-bond donors (Lipinski definition) is 2. The second-order valence-electron chi connectivity index (χ2n) is 3.72. The third-order valence-corrected chi connectivity index (χ3v) is 2.59. The molecule has 1 heterocycles. The summed E-state index contributed by atoms with van der Waals surface area (Å²) in [4.78, 5) is 11.8. The Hall–Kier alpha value is -2.76. The minimum absolute atomic E-state index is 0.0166. The van der Waals surface area contributed by atoms with Crippen LogP contribution in [0, 0.1) is 0 Å². The second-order valence-corrected chi connectivity index (χ2v) is 3.72. The molecule has 0 radical (unpaired) electrons. The molecule has 6 nitrogen and oxygen atoms in total. The number of carbonyl (C=O) groups is 1. The van der Waals surface area contributed by atoms with Crippen molar-refractivity contribution in [2.24, 2.45) is 0 Å². The molecule has 18 heavy (non-hydrogen) atoms. The summed E-state index contributed by atoms with van der Waals surface area (Å²) >= 11 is 0. The summed E-state index contributed by atoms with van der Waals surface area (Å²) in [6.07, 6.45) is 0. The predicted octanol–water partition coefficient (Wildman–Crippen LogP) is 1.61. The largest absolute Gasteiger partial charge is 0.319 e. The zero-order valence-electron chi connectivity index (χ0n) is 9.29. The summed E-state index contributed by atoms with van der Waals surface area (Å²) < 4.78 is 0. The fourth-order valence-electron chi connectivity index (χ4n) is 1.77. The third-order valence-electron chi connectivity index (χ3n) is 2.59. The number of amides is 1. The SMILES string of the molecule is O=C(Nc1cccc2ccccc12)c1nn[nH]n1. The number of aromatic amines is 1. The summed E-state index contributed by atoms with van der Waals surface area (Å²) in [5, 5.41) is 17.7. The first kappa shape index (κ1) is 10.4. The quantitative estimate of drug-likeness (QED) is 0.711. The molecule has 0 fully saturated rings. The summed E-state index contributed by atoms with van der Waals surface area (Å²) in [6, 6.07) is 13.5. The van der Waals surface area contributed by atoms with Crippen molar-refractivity contribution in [2.75, 3.05) is 5.32 Å². The number of benzene rings is 2. The van der Waals surface area contributed by atoms with Crippen molar-refractivity contribution >= 4 is 22.4 Å². The van der Waals surface area contributed by atoms with Crippen molar-refractivity contribution in [2.45, 2.75) is 0 Å². The van der Waals surface area contributed by atoms with Gasteiger partial charge in [0.25, 0.3) is 11.7 Å². The third kappa shape index (κ3) is 1.80. The van der Waals surface area contributed by atoms with Crippen molar-refractivity contribution in [1.29, 1.82) is 0 Å². The van der Waals surface area contributed by atoms with Crippen LogP contribution in [0.25, 0.3) is 10.8 Å². The van der Waals surface area contributed by atoms with Crippen LogP contribution in [0.5, 0.6) is 0 Å². The molecular weight excluding hydrogens is 230 g/mol. The van der Waals surface area contributed by atoms with Gasteiger partial charge in [-0.05, 0) is 16.7 Å². The molecule has 0 spiro atoms. The van der Waals surface area contributed by atoms with E-state index in [-0.39, 0.29) is 11.7 Å². The average Bonchev–Trinajstić information content (AvgIpc) is 2.93. The molecule has 0 saturated carbocycles. The Morgan fingerprint density at radius 2 is 1.94 bits per heavy atom. The summed E-state index contributed by atoms with van der Waals surface area (Å²) in [7, 11) is 0. The van der Waals surface area contributed by atoms with Crippen molar-refractivity contribution in [3.63, 3.8) is 0 Å². The molecule has 3 aromatic rings. The number of tetrazole rings is 1. The van der Waals surface area contributed by atoms with Gasteiger partial charge in [-0.15, -0.1) is 10.2 Å². The first-order valence-corrected chi connectivity index (χ1v) is 5.37. The molecule has 0 aliphatic heterocycles. The van der Waals surface area contributed by atoms with Crippen LogP contribution in [0.1, 0.15) is 10.6 Å². The fraction of sp³-hybridized carbons (Fsp3) is 0. The van der Waals surface area contributed by atoms with Gasteiger partial charge >= 0.3 is 0 Å². The lowest BCUT2D eigenvalue weighted by atomic mass is 10.1. The lowest BCUT2D eigenvalue weighted by molar-refractivity contribution is 0.101. The minimum atomic E-state index is -0.389. The molecule has 0 saturated heterocycles. The summed E-state index contributed by atoms with van der Waals surface area (Å²) in [5.74, 6) is -0.372. The van der Waals surface area contributed by atoms with Crippen LogP contribution in [0.4, 0.5) is 5.69 Å². The summed E-state index contributed by atoms with van der Waals surface area (Å²) in [5.41, 5.74) is 0.725. The second kappa shape index (κ2) is 4.25. The molecule has 0 aliphatic carbocycles. The molecule has 88 valence electrons. The minimum Gasteiger partial charge on any atom is -0.319 e. The fourth-order valence-corrected chi connectivity index (χ4v) is 1.77. The highest BCUT2D eigenvalue weighted by atomic mass is 16.2. The van der Waals surface area contributed by atoms with Crippen molar-refractivity contribution in [1.82, 2.24) is 20.6 Å². The van der Waals surface area contributed by atoms with E-state index in [1.807, 2.05) is 42.5 Å². The zero-order chi connectivity index (χ0) is 12.4. The van der Waals surface area contributed by atoms with Crippen LogP contribution in [0.15, 0.2) is 42.5 Å². The monoisotopic (exact) mass is 239 g/mol. The van der Waals surface area contributed by atoms with E-state index < -0.39 is 0 Å². The molecule has 0 aliphatic rings. The van der Waals surface area contributed by atoms with Gasteiger partial charge in [0.1, 0.15) is 0 Å². The van der Waals surface area contributed by atoms with E-state index in [0.717, 1.165) is 16.5 Å². The van der Waals surface area contributed by atoms with Gasteiger partial charge in [-0.3, -0.25) is 4.79 Å². The molecule has 3 rings (SSSR count). The maximum atomic E-state index is 11.8. The van der Waals surface area contributed by atoms with Crippen molar-refractivity contribution < 1.29 is 4.79 Å². The van der Waals surface area contributed by atoms with E-state index in [9.17, 15) is 4.79 Å². The first-order valence-electron chi connectivity index (χ1n) is 5.37. The van der Waals surface area contributed by atoms with Gasteiger partial charge in [0.15, 0.2) is 0 Å². The maximum Gasteiger partial charge on any atom is 0.297 e. The van der Waals surface area contributed by atoms with Gasteiger partial charge in [0.2, 0.25) is 0 Å². The smallest absolute Gasteiger partial charge is 0.297 e. The Kier molecular flexibility index (Phi) is 2.45. The Balaban J connectivity index is 1.98. The van der Waals surface area contributed by atoms with E-state index in [4.69, 9.17) is 0 Å². The van der Waals surface area contributed by atoms with Crippen LogP contribution in [-0.4, -0.2) is 26.5 Å². The molecule has 2 aromatic carbocycles. The number of anilines is 1. The number of hydrogen-bond acceptors (Lipinski definition) is 4. The first-order chi connectivity index (χ1) is 8.84. The maximum absolute atomic E-state index is 11.8. The van der Waals surface area contributed by atoms with Crippen LogP contribution in [0.3, 0.4) is 0 Å². The molecular formula is C12H9N5O. The van der Waals surface area contributed by atoms with Crippen LogP contribution in [0.2, 0.25) is 0 Å². The Morgan fingerprint density at radius 1 is 1.11 bits per heavy atom. The molecule has 1 amide bonds. The molecule has 6 heteroatoms. The number of nitrogens with zero attached hydrogens (tertiary/aromatic N) is 3. The van der Waals surface area contributed by atoms with E-state index in [1.165, 1.54) is 0 Å². The van der Waals surface area contributed by atoms with E-state index in [2.05, 4.69) is 25.9 Å². The lowest BCUT2D eigenvalue weighted by Gasteiger charge is -2.06. The van der Waals surface area contributed by atoms with Crippen LogP contribution < -0.4 is 5.32 Å². The standard InChI is InChI=1S/C12H9N5O/c18-12(11-14-16-17-15-11)13-10-7-3-5-8-4-1-2-6-9(8)10/h1-7H,(H,13,18)(H,14,15,16,17). The highest BCUT2D eigenvalue weighted by Gasteiger charge is 2.11. The molecule has 0 unspecified atom stereocenters. The number of fused-ring (bicyclic) bond motifs is 1. The normalized spacial score (nSPS) is 10.4. The Labute approximate surface area is 102 Å². The van der Waals surface area contributed by atoms with Gasteiger partial charge in [-0.25, -0.2) is 0 Å². The molecule has 2 N–H and O–H groups in total. The number of H-pyrrole nitrogens is 1. The van der Waals surface area contributed by atoms with E-state index >= 15 is 0 Å².